The predicted molar refractivity (Wildman–Crippen MR) is 76.6 cm³/mol. The molecule has 0 saturated carbocycles. The van der Waals surface area contributed by atoms with Crippen LogP contribution in [0.25, 0.3) is 0 Å². The van der Waals surface area contributed by atoms with Gasteiger partial charge in [0.1, 0.15) is 5.75 Å². The molecule has 0 aromatic heterocycles. The standard InChI is InChI=1S/C14H23NO2S/c1-4-6-12(15-5-2)11-18(16)14-9-7-13(17-3)8-10-14/h7-10,12,15H,4-6,11H2,1-3H3. The Bertz CT molecular complexity index is 359. The van der Waals surface area contributed by atoms with Crippen LogP contribution in [-0.2, 0) is 10.8 Å². The van der Waals surface area contributed by atoms with Crippen molar-refractivity contribution in [2.45, 2.75) is 37.6 Å². The molecule has 0 aliphatic heterocycles. The molecule has 4 heteroatoms. The van der Waals surface area contributed by atoms with E-state index in [2.05, 4.69) is 19.2 Å². The second-order valence-electron chi connectivity index (χ2n) is 4.23. The van der Waals surface area contributed by atoms with Crippen LogP contribution in [-0.4, -0.2) is 29.7 Å². The number of benzene rings is 1. The average Bonchev–Trinajstić information content (AvgIpc) is 2.39. The summed E-state index contributed by atoms with van der Waals surface area (Å²) < 4.78 is 17.3. The fourth-order valence-corrected chi connectivity index (χ4v) is 3.17. The highest BCUT2D eigenvalue weighted by atomic mass is 32.2. The number of hydrogen-bond acceptors (Lipinski definition) is 3. The van der Waals surface area contributed by atoms with Gasteiger partial charge in [-0.2, -0.15) is 0 Å². The molecular weight excluding hydrogens is 246 g/mol. The molecule has 0 fully saturated rings. The van der Waals surface area contributed by atoms with Crippen molar-refractivity contribution in [3.8, 4) is 5.75 Å². The summed E-state index contributed by atoms with van der Waals surface area (Å²) in [4.78, 5) is 0.870. The van der Waals surface area contributed by atoms with Crippen molar-refractivity contribution in [1.82, 2.24) is 5.32 Å². The van der Waals surface area contributed by atoms with E-state index in [1.165, 1.54) is 0 Å². The second kappa shape index (κ2) is 8.27. The van der Waals surface area contributed by atoms with E-state index in [9.17, 15) is 4.21 Å². The topological polar surface area (TPSA) is 38.3 Å². The fraction of sp³-hybridized carbons (Fsp3) is 0.571. The van der Waals surface area contributed by atoms with Gasteiger partial charge in [-0.15, -0.1) is 0 Å². The van der Waals surface area contributed by atoms with Crippen molar-refractivity contribution in [1.29, 1.82) is 0 Å². The van der Waals surface area contributed by atoms with Gasteiger partial charge in [-0.25, -0.2) is 0 Å². The van der Waals surface area contributed by atoms with Crippen LogP contribution in [0.3, 0.4) is 0 Å². The third kappa shape index (κ3) is 4.78. The first-order chi connectivity index (χ1) is 8.71. The highest BCUT2D eigenvalue weighted by Gasteiger charge is 2.12. The van der Waals surface area contributed by atoms with E-state index in [0.29, 0.717) is 11.8 Å². The number of ether oxygens (including phenoxy) is 1. The van der Waals surface area contributed by atoms with Gasteiger partial charge in [0.2, 0.25) is 0 Å². The van der Waals surface area contributed by atoms with Gasteiger partial charge < -0.3 is 10.1 Å². The molecule has 0 aliphatic rings. The maximum absolute atomic E-state index is 12.2. The number of methoxy groups -OCH3 is 1. The van der Waals surface area contributed by atoms with Gasteiger partial charge in [0, 0.05) is 16.7 Å². The summed E-state index contributed by atoms with van der Waals surface area (Å²) >= 11 is 0. The van der Waals surface area contributed by atoms with Crippen LogP contribution in [0.15, 0.2) is 29.2 Å². The maximum atomic E-state index is 12.2. The Morgan fingerprint density at radius 2 is 1.94 bits per heavy atom. The molecule has 1 N–H and O–H groups in total. The van der Waals surface area contributed by atoms with Crippen LogP contribution in [0.5, 0.6) is 5.75 Å². The molecule has 0 radical (unpaired) electrons. The summed E-state index contributed by atoms with van der Waals surface area (Å²) in [7, 11) is 0.689. The summed E-state index contributed by atoms with van der Waals surface area (Å²) in [5.41, 5.74) is 0. The van der Waals surface area contributed by atoms with Crippen LogP contribution in [0.1, 0.15) is 26.7 Å². The van der Waals surface area contributed by atoms with Crippen molar-refractivity contribution in [2.24, 2.45) is 0 Å². The molecule has 2 atom stereocenters. The number of nitrogens with one attached hydrogen (secondary N) is 1. The second-order valence-corrected chi connectivity index (χ2v) is 5.73. The molecule has 18 heavy (non-hydrogen) atoms. The predicted octanol–water partition coefficient (Wildman–Crippen LogP) is 2.58. The molecule has 0 aliphatic carbocycles. The van der Waals surface area contributed by atoms with Gasteiger partial charge in [-0.1, -0.05) is 20.3 Å². The lowest BCUT2D eigenvalue weighted by Crippen LogP contribution is -2.33. The zero-order chi connectivity index (χ0) is 13.4. The average molecular weight is 269 g/mol. The van der Waals surface area contributed by atoms with E-state index in [1.54, 1.807) is 7.11 Å². The lowest BCUT2D eigenvalue weighted by Gasteiger charge is -2.16. The Labute approximate surface area is 112 Å². The minimum absolute atomic E-state index is 0.336. The Morgan fingerprint density at radius 1 is 1.28 bits per heavy atom. The number of hydrogen-bond donors (Lipinski definition) is 1. The van der Waals surface area contributed by atoms with Gasteiger partial charge in [-0.05, 0) is 37.2 Å². The molecule has 0 heterocycles. The lowest BCUT2D eigenvalue weighted by molar-refractivity contribution is 0.414. The van der Waals surface area contributed by atoms with Crippen LogP contribution < -0.4 is 10.1 Å². The van der Waals surface area contributed by atoms with Gasteiger partial charge in [0.05, 0.1) is 17.9 Å². The van der Waals surface area contributed by atoms with E-state index in [0.717, 1.165) is 30.0 Å². The normalized spacial score (nSPS) is 14.2. The van der Waals surface area contributed by atoms with E-state index in [4.69, 9.17) is 4.74 Å². The molecular formula is C14H23NO2S. The first kappa shape index (κ1) is 15.2. The Kier molecular flexibility index (Phi) is 6.98. The molecule has 0 amide bonds. The molecule has 3 nitrogen and oxygen atoms in total. The number of rotatable bonds is 8. The van der Waals surface area contributed by atoms with Gasteiger partial charge >= 0.3 is 0 Å². The van der Waals surface area contributed by atoms with Crippen LogP contribution in [0.4, 0.5) is 0 Å². The molecule has 102 valence electrons. The molecule has 0 spiro atoms. The van der Waals surface area contributed by atoms with Gasteiger partial charge in [-0.3, -0.25) is 4.21 Å². The first-order valence-corrected chi connectivity index (χ1v) is 7.79. The third-order valence-electron chi connectivity index (χ3n) is 2.80. The Hall–Kier alpha value is -0.870. The summed E-state index contributed by atoms with van der Waals surface area (Å²) in [6, 6.07) is 7.81. The van der Waals surface area contributed by atoms with Crippen LogP contribution in [0, 0.1) is 0 Å². The quantitative estimate of drug-likeness (QED) is 0.788. The van der Waals surface area contributed by atoms with Gasteiger partial charge in [0.15, 0.2) is 0 Å². The minimum atomic E-state index is -0.945. The monoisotopic (exact) mass is 269 g/mol. The molecule has 0 saturated heterocycles. The van der Waals surface area contributed by atoms with E-state index in [-0.39, 0.29) is 0 Å². The van der Waals surface area contributed by atoms with Crippen molar-refractivity contribution < 1.29 is 8.95 Å². The van der Waals surface area contributed by atoms with Crippen molar-refractivity contribution in [3.05, 3.63) is 24.3 Å². The highest BCUT2D eigenvalue weighted by molar-refractivity contribution is 7.85. The van der Waals surface area contributed by atoms with Crippen LogP contribution in [0.2, 0.25) is 0 Å². The van der Waals surface area contributed by atoms with Crippen molar-refractivity contribution in [2.75, 3.05) is 19.4 Å². The maximum Gasteiger partial charge on any atom is 0.118 e. The lowest BCUT2D eigenvalue weighted by atomic mass is 10.2. The SMILES string of the molecule is CCCC(CS(=O)c1ccc(OC)cc1)NCC. The fourth-order valence-electron chi connectivity index (χ4n) is 1.89. The third-order valence-corrected chi connectivity index (χ3v) is 4.31. The van der Waals surface area contributed by atoms with Crippen molar-refractivity contribution in [3.63, 3.8) is 0 Å². The Balaban J connectivity index is 2.61. The summed E-state index contributed by atoms with van der Waals surface area (Å²) in [5, 5.41) is 3.39. The Morgan fingerprint density at radius 3 is 2.44 bits per heavy atom. The molecule has 0 bridgehead atoms. The smallest absolute Gasteiger partial charge is 0.118 e. The van der Waals surface area contributed by atoms with Crippen LogP contribution >= 0.6 is 0 Å². The van der Waals surface area contributed by atoms with E-state index >= 15 is 0 Å². The molecule has 1 aromatic carbocycles. The summed E-state index contributed by atoms with van der Waals surface area (Å²) in [5.74, 6) is 1.47. The molecule has 1 rings (SSSR count). The molecule has 2 unspecified atom stereocenters. The largest absolute Gasteiger partial charge is 0.497 e. The minimum Gasteiger partial charge on any atom is -0.497 e. The zero-order valence-corrected chi connectivity index (χ0v) is 12.3. The summed E-state index contributed by atoms with van der Waals surface area (Å²) in [6.07, 6.45) is 2.17. The molecule has 1 aromatic rings. The first-order valence-electron chi connectivity index (χ1n) is 6.47. The highest BCUT2D eigenvalue weighted by Crippen LogP contribution is 2.15. The zero-order valence-electron chi connectivity index (χ0n) is 11.4. The van der Waals surface area contributed by atoms with Crippen molar-refractivity contribution >= 4 is 10.8 Å². The summed E-state index contributed by atoms with van der Waals surface area (Å²) in [6.45, 7) is 5.16. The van der Waals surface area contributed by atoms with E-state index < -0.39 is 10.8 Å². The van der Waals surface area contributed by atoms with Gasteiger partial charge in [0.25, 0.3) is 0 Å². The van der Waals surface area contributed by atoms with E-state index in [1.807, 2.05) is 24.3 Å².